The molecule has 2 atom stereocenters. The first-order valence-corrected chi connectivity index (χ1v) is 13.3. The smallest absolute Gasteiger partial charge is 0.327 e. The molecule has 4 rings (SSSR count). The number of nitrogens with one attached hydrogen (secondary N) is 2. The third-order valence-electron chi connectivity index (χ3n) is 7.37. The minimum atomic E-state index is -1.15. The number of amides is 4. The number of urea groups is 1. The summed E-state index contributed by atoms with van der Waals surface area (Å²) in [6.45, 7) is 4.08. The minimum Gasteiger partial charge on any atom is -0.480 e. The van der Waals surface area contributed by atoms with Crippen molar-refractivity contribution in [3.05, 3.63) is 102 Å². The maximum Gasteiger partial charge on any atom is 0.327 e. The van der Waals surface area contributed by atoms with E-state index in [9.17, 15) is 24.3 Å². The van der Waals surface area contributed by atoms with E-state index in [0.717, 1.165) is 10.5 Å². The van der Waals surface area contributed by atoms with Crippen LogP contribution in [-0.2, 0) is 22.6 Å². The lowest BCUT2D eigenvalue weighted by molar-refractivity contribution is -0.190. The highest BCUT2D eigenvalue weighted by Gasteiger charge is 2.62. The fourth-order valence-corrected chi connectivity index (χ4v) is 4.86. The molecule has 1 saturated heterocycles. The largest absolute Gasteiger partial charge is 0.480 e. The number of hydrogen-bond acceptors (Lipinski definition) is 5. The van der Waals surface area contributed by atoms with Gasteiger partial charge in [0, 0.05) is 18.5 Å². The van der Waals surface area contributed by atoms with Crippen LogP contribution in [0.1, 0.15) is 48.2 Å². The number of hydrogen-bond donors (Lipinski definition) is 3. The third kappa shape index (κ3) is 5.98. The molecular formula is C31H33N3O6. The SMILES string of the molecule is CCC1(CC)C(=O)N(C(=O)NCc2ccccc2)C1Oc1ccc(CC(NC(=O)c2ccccc2)C(=O)O)cc1. The zero-order chi connectivity index (χ0) is 28.7. The van der Waals surface area contributed by atoms with Crippen molar-refractivity contribution in [1.29, 1.82) is 0 Å². The molecule has 3 N–H and O–H groups in total. The van der Waals surface area contributed by atoms with E-state index in [1.165, 1.54) is 0 Å². The number of imide groups is 1. The van der Waals surface area contributed by atoms with E-state index >= 15 is 0 Å². The molecular weight excluding hydrogens is 510 g/mol. The molecule has 1 heterocycles. The van der Waals surface area contributed by atoms with Crippen LogP contribution in [0.2, 0.25) is 0 Å². The van der Waals surface area contributed by atoms with Crippen LogP contribution in [0, 0.1) is 5.41 Å². The Labute approximate surface area is 233 Å². The molecule has 0 saturated carbocycles. The molecule has 1 fully saturated rings. The predicted molar refractivity (Wildman–Crippen MR) is 148 cm³/mol. The van der Waals surface area contributed by atoms with Crippen molar-refractivity contribution in [3.63, 3.8) is 0 Å². The summed E-state index contributed by atoms with van der Waals surface area (Å²) in [6.07, 6.45) is 0.301. The number of carbonyl (C=O) groups excluding carboxylic acids is 3. The zero-order valence-corrected chi connectivity index (χ0v) is 22.5. The number of likely N-dealkylation sites (tertiary alicyclic amines) is 1. The fraction of sp³-hybridized carbons (Fsp3) is 0.290. The summed E-state index contributed by atoms with van der Waals surface area (Å²) in [6, 6.07) is 22.9. The first kappa shape index (κ1) is 28.4. The number of benzene rings is 3. The average molecular weight is 544 g/mol. The van der Waals surface area contributed by atoms with E-state index < -0.39 is 35.6 Å². The van der Waals surface area contributed by atoms with Gasteiger partial charge < -0.3 is 20.5 Å². The fourth-order valence-electron chi connectivity index (χ4n) is 4.86. The summed E-state index contributed by atoms with van der Waals surface area (Å²) >= 11 is 0. The first-order chi connectivity index (χ1) is 19.3. The Hall–Kier alpha value is -4.66. The Bertz CT molecular complexity index is 1340. The van der Waals surface area contributed by atoms with Gasteiger partial charge in [0.15, 0.2) is 6.23 Å². The molecule has 9 nitrogen and oxygen atoms in total. The molecule has 4 amide bonds. The molecule has 0 radical (unpaired) electrons. The summed E-state index contributed by atoms with van der Waals surface area (Å²) in [5.74, 6) is -1.45. The first-order valence-electron chi connectivity index (χ1n) is 13.3. The van der Waals surface area contributed by atoms with Crippen LogP contribution in [-0.4, -0.2) is 46.1 Å². The number of aliphatic carboxylic acids is 1. The molecule has 0 aromatic heterocycles. The Balaban J connectivity index is 1.43. The van der Waals surface area contributed by atoms with Crippen molar-refractivity contribution in [1.82, 2.24) is 15.5 Å². The molecule has 3 aromatic carbocycles. The van der Waals surface area contributed by atoms with Crippen molar-refractivity contribution in [2.24, 2.45) is 5.41 Å². The van der Waals surface area contributed by atoms with Crippen LogP contribution in [0.15, 0.2) is 84.9 Å². The number of carbonyl (C=O) groups is 4. The summed E-state index contributed by atoms with van der Waals surface area (Å²) in [4.78, 5) is 51.5. The van der Waals surface area contributed by atoms with Crippen molar-refractivity contribution in [2.75, 3.05) is 0 Å². The Morgan fingerprint density at radius 2 is 1.50 bits per heavy atom. The normalized spacial score (nSPS) is 16.4. The van der Waals surface area contributed by atoms with E-state index in [2.05, 4.69) is 10.6 Å². The van der Waals surface area contributed by atoms with Crippen LogP contribution in [0.4, 0.5) is 4.79 Å². The van der Waals surface area contributed by atoms with Gasteiger partial charge in [0.1, 0.15) is 17.2 Å². The van der Waals surface area contributed by atoms with Gasteiger partial charge in [-0.3, -0.25) is 9.59 Å². The maximum absolute atomic E-state index is 13.1. The van der Waals surface area contributed by atoms with Gasteiger partial charge in [-0.2, -0.15) is 0 Å². The Morgan fingerprint density at radius 3 is 2.08 bits per heavy atom. The van der Waals surface area contributed by atoms with E-state index in [1.54, 1.807) is 54.6 Å². The highest BCUT2D eigenvalue weighted by molar-refractivity contribution is 6.03. The molecule has 1 aliphatic rings. The second-order valence-corrected chi connectivity index (χ2v) is 9.73. The molecule has 0 aliphatic carbocycles. The van der Waals surface area contributed by atoms with Crippen molar-refractivity contribution in [3.8, 4) is 5.75 Å². The topological polar surface area (TPSA) is 125 Å². The molecule has 1 aliphatic heterocycles. The zero-order valence-electron chi connectivity index (χ0n) is 22.5. The number of nitrogens with zero attached hydrogens (tertiary/aromatic N) is 1. The van der Waals surface area contributed by atoms with Crippen LogP contribution < -0.4 is 15.4 Å². The van der Waals surface area contributed by atoms with Crippen molar-refractivity contribution < 1.29 is 29.0 Å². The van der Waals surface area contributed by atoms with E-state index in [1.807, 2.05) is 44.2 Å². The lowest BCUT2D eigenvalue weighted by Crippen LogP contribution is -2.73. The summed E-state index contributed by atoms with van der Waals surface area (Å²) < 4.78 is 6.19. The minimum absolute atomic E-state index is 0.0674. The second-order valence-electron chi connectivity index (χ2n) is 9.73. The third-order valence-corrected chi connectivity index (χ3v) is 7.37. The van der Waals surface area contributed by atoms with Crippen LogP contribution in [0.5, 0.6) is 5.75 Å². The highest BCUT2D eigenvalue weighted by atomic mass is 16.5. The number of carboxylic acid groups (broad SMARTS) is 1. The van der Waals surface area contributed by atoms with E-state index in [0.29, 0.717) is 29.7 Å². The van der Waals surface area contributed by atoms with Gasteiger partial charge in [0.2, 0.25) is 5.91 Å². The molecule has 0 bridgehead atoms. The number of rotatable bonds is 11. The lowest BCUT2D eigenvalue weighted by Gasteiger charge is -2.53. The second kappa shape index (κ2) is 12.5. The molecule has 40 heavy (non-hydrogen) atoms. The molecule has 9 heteroatoms. The number of β-lactam (4-membered cyclic amide) rings is 1. The summed E-state index contributed by atoms with van der Waals surface area (Å²) in [7, 11) is 0. The summed E-state index contributed by atoms with van der Waals surface area (Å²) in [5.41, 5.74) is 1.14. The predicted octanol–water partition coefficient (Wildman–Crippen LogP) is 4.38. The van der Waals surface area contributed by atoms with Gasteiger partial charge in [-0.15, -0.1) is 0 Å². The van der Waals surface area contributed by atoms with Gasteiger partial charge in [-0.05, 0) is 48.2 Å². The molecule has 208 valence electrons. The average Bonchev–Trinajstić information content (AvgIpc) is 2.98. The highest BCUT2D eigenvalue weighted by Crippen LogP contribution is 2.46. The Kier molecular flexibility index (Phi) is 8.83. The number of ether oxygens (including phenoxy) is 1. The van der Waals surface area contributed by atoms with Crippen molar-refractivity contribution >= 4 is 23.8 Å². The summed E-state index contributed by atoms with van der Waals surface area (Å²) in [5, 5.41) is 15.0. The maximum atomic E-state index is 13.1. The van der Waals surface area contributed by atoms with Gasteiger partial charge in [0.25, 0.3) is 5.91 Å². The molecule has 2 unspecified atom stereocenters. The number of carboxylic acids is 1. The van der Waals surface area contributed by atoms with E-state index in [-0.39, 0.29) is 18.9 Å². The molecule has 3 aromatic rings. The van der Waals surface area contributed by atoms with Crippen LogP contribution in [0.3, 0.4) is 0 Å². The monoisotopic (exact) mass is 543 g/mol. The quantitative estimate of drug-likeness (QED) is 0.309. The van der Waals surface area contributed by atoms with Gasteiger partial charge in [-0.25, -0.2) is 14.5 Å². The van der Waals surface area contributed by atoms with E-state index in [4.69, 9.17) is 4.74 Å². The van der Waals surface area contributed by atoms with Gasteiger partial charge >= 0.3 is 12.0 Å². The van der Waals surface area contributed by atoms with Crippen LogP contribution >= 0.6 is 0 Å². The van der Waals surface area contributed by atoms with Gasteiger partial charge in [-0.1, -0.05) is 74.5 Å². The lowest BCUT2D eigenvalue weighted by atomic mass is 9.72. The Morgan fingerprint density at radius 1 is 0.900 bits per heavy atom. The molecule has 0 spiro atoms. The van der Waals surface area contributed by atoms with Crippen LogP contribution in [0.25, 0.3) is 0 Å². The van der Waals surface area contributed by atoms with Gasteiger partial charge in [0.05, 0.1) is 0 Å². The standard InChI is InChI=1S/C31H33N3O6/c1-3-31(4-2)28(38)34(30(39)32-20-22-11-7-5-8-12-22)29(31)40-24-17-15-21(16-18-24)19-25(27(36)37)33-26(35)23-13-9-6-10-14-23/h5-18,25,29H,3-4,19-20H2,1-2H3,(H,32,39)(H,33,35)(H,36,37). The van der Waals surface area contributed by atoms with Crippen molar-refractivity contribution in [2.45, 2.75) is 51.9 Å².